The van der Waals surface area contributed by atoms with E-state index in [1.165, 1.54) is 45.6 Å². The van der Waals surface area contributed by atoms with Crippen LogP contribution in [0.4, 0.5) is 0 Å². The van der Waals surface area contributed by atoms with Crippen molar-refractivity contribution in [2.75, 3.05) is 19.1 Å². The fraction of sp³-hybridized carbons (Fsp3) is 0.588. The Bertz CT molecular complexity index is 1140. The molecule has 0 aliphatic heterocycles. The molecule has 2 fully saturated rings. The Labute approximate surface area is 250 Å². The number of benzene rings is 2. The summed E-state index contributed by atoms with van der Waals surface area (Å²) in [6, 6.07) is 13.2. The number of thioether (sulfide) groups is 1. The lowest BCUT2D eigenvalue weighted by atomic mass is 9.83. The van der Waals surface area contributed by atoms with Crippen LogP contribution in [0.15, 0.2) is 42.5 Å². The molecule has 2 aromatic carbocycles. The molecule has 2 saturated carbocycles. The van der Waals surface area contributed by atoms with Gasteiger partial charge in [0.25, 0.3) is 5.91 Å². The molecule has 0 aromatic heterocycles. The molecule has 3 atom stereocenters. The molecule has 7 heteroatoms. The largest absolute Gasteiger partial charge is 0.467 e. The number of hydrogen-bond donors (Lipinski definition) is 1. The summed E-state index contributed by atoms with van der Waals surface area (Å²) in [6.07, 6.45) is 12.9. The van der Waals surface area contributed by atoms with Gasteiger partial charge >= 0.3 is 5.97 Å². The summed E-state index contributed by atoms with van der Waals surface area (Å²) in [7, 11) is 1.35. The predicted octanol–water partition coefficient (Wildman–Crippen LogP) is 7.11. The molecule has 224 valence electrons. The number of methoxy groups -OCH3 is 1. The second-order valence-corrected chi connectivity index (χ2v) is 12.6. The highest BCUT2D eigenvalue weighted by Gasteiger charge is 2.33. The smallest absolute Gasteiger partial charge is 0.328 e. The maximum atomic E-state index is 13.5. The minimum absolute atomic E-state index is 0.0131. The highest BCUT2D eigenvalue weighted by atomic mass is 32.2. The molecule has 1 N–H and O–H groups in total. The Morgan fingerprint density at radius 3 is 2.41 bits per heavy atom. The van der Waals surface area contributed by atoms with E-state index in [4.69, 9.17) is 14.2 Å². The maximum absolute atomic E-state index is 13.5. The summed E-state index contributed by atoms with van der Waals surface area (Å²) in [6.45, 7) is 4.64. The van der Waals surface area contributed by atoms with Crippen molar-refractivity contribution in [1.29, 1.82) is 0 Å². The van der Waals surface area contributed by atoms with Gasteiger partial charge in [-0.3, -0.25) is 4.79 Å². The monoisotopic (exact) mass is 581 g/mol. The van der Waals surface area contributed by atoms with E-state index in [9.17, 15) is 9.59 Å². The van der Waals surface area contributed by atoms with Gasteiger partial charge in [-0.15, -0.1) is 0 Å². The fourth-order valence-electron chi connectivity index (χ4n) is 5.96. The first kappa shape index (κ1) is 31.6. The van der Waals surface area contributed by atoms with Gasteiger partial charge in [-0.25, -0.2) is 4.79 Å². The minimum Gasteiger partial charge on any atom is -0.467 e. The van der Waals surface area contributed by atoms with Crippen LogP contribution >= 0.6 is 11.8 Å². The van der Waals surface area contributed by atoms with E-state index in [2.05, 4.69) is 18.3 Å². The Morgan fingerprint density at radius 1 is 1.00 bits per heavy atom. The lowest BCUT2D eigenvalue weighted by Crippen LogP contribution is -2.42. The van der Waals surface area contributed by atoms with Crippen LogP contribution in [0.2, 0.25) is 0 Å². The van der Waals surface area contributed by atoms with Gasteiger partial charge < -0.3 is 19.5 Å². The van der Waals surface area contributed by atoms with E-state index < -0.39 is 12.0 Å². The minimum atomic E-state index is -0.694. The van der Waals surface area contributed by atoms with Crippen molar-refractivity contribution >= 4 is 23.6 Å². The molecule has 0 spiro atoms. The number of esters is 1. The van der Waals surface area contributed by atoms with Crippen molar-refractivity contribution in [3.05, 3.63) is 59.2 Å². The average molecular weight is 582 g/mol. The number of carbonyl (C=O) groups is 2. The van der Waals surface area contributed by atoms with Crippen molar-refractivity contribution < 1.29 is 23.8 Å². The Morgan fingerprint density at radius 2 is 1.76 bits per heavy atom. The number of nitrogens with one attached hydrogen (secondary N) is 1. The number of rotatable bonds is 14. The van der Waals surface area contributed by atoms with Crippen molar-refractivity contribution in [3.8, 4) is 11.1 Å². The molecule has 4 rings (SSSR count). The van der Waals surface area contributed by atoms with Gasteiger partial charge in [0.15, 0.2) is 0 Å². The van der Waals surface area contributed by atoms with Crippen LogP contribution in [0.25, 0.3) is 11.1 Å². The molecule has 0 heterocycles. The van der Waals surface area contributed by atoms with Crippen LogP contribution in [-0.2, 0) is 25.6 Å². The molecule has 0 saturated heterocycles. The molecular formula is C34H47NO5S. The van der Waals surface area contributed by atoms with Gasteiger partial charge in [-0.1, -0.05) is 49.6 Å². The molecule has 41 heavy (non-hydrogen) atoms. The SMILES string of the molecule is COC(=O)[C@H](CCSC)NC(=O)c1ccc(COC(C)C(OC2CCC2)C2CCCCC2)cc1-c1ccccc1C. The van der Waals surface area contributed by atoms with Crippen LogP contribution in [0.5, 0.6) is 0 Å². The first-order chi connectivity index (χ1) is 19.9. The lowest BCUT2D eigenvalue weighted by molar-refractivity contribution is -0.145. The van der Waals surface area contributed by atoms with Crippen LogP contribution in [-0.4, -0.2) is 55.3 Å². The quantitative estimate of drug-likeness (QED) is 0.240. The number of carbonyl (C=O) groups excluding carboxylic acids is 2. The number of aryl methyl sites for hydroxylation is 1. The fourth-order valence-corrected chi connectivity index (χ4v) is 6.43. The number of hydrogen-bond acceptors (Lipinski definition) is 6. The summed E-state index contributed by atoms with van der Waals surface area (Å²) in [5, 5.41) is 2.92. The Hall–Kier alpha value is -2.35. The van der Waals surface area contributed by atoms with E-state index in [0.717, 1.165) is 40.8 Å². The van der Waals surface area contributed by atoms with Gasteiger partial charge in [-0.2, -0.15) is 11.8 Å². The van der Waals surface area contributed by atoms with E-state index >= 15 is 0 Å². The second-order valence-electron chi connectivity index (χ2n) is 11.6. The van der Waals surface area contributed by atoms with Crippen molar-refractivity contribution in [2.24, 2.45) is 5.92 Å². The zero-order valence-electron chi connectivity index (χ0n) is 25.2. The molecule has 6 nitrogen and oxygen atoms in total. The van der Waals surface area contributed by atoms with Gasteiger partial charge in [0.1, 0.15) is 6.04 Å². The van der Waals surface area contributed by atoms with Gasteiger partial charge in [0.2, 0.25) is 0 Å². The van der Waals surface area contributed by atoms with Gasteiger partial charge in [0.05, 0.1) is 32.0 Å². The van der Waals surface area contributed by atoms with E-state index in [-0.39, 0.29) is 18.1 Å². The van der Waals surface area contributed by atoms with Crippen LogP contribution in [0, 0.1) is 12.8 Å². The summed E-state index contributed by atoms with van der Waals surface area (Å²) >= 11 is 1.63. The highest BCUT2D eigenvalue weighted by Crippen LogP contribution is 2.35. The summed E-state index contributed by atoms with van der Waals surface area (Å²) in [5.74, 6) is 0.583. The number of ether oxygens (including phenoxy) is 3. The molecule has 2 aliphatic carbocycles. The first-order valence-corrected chi connectivity index (χ1v) is 16.6. The number of amides is 1. The second kappa shape index (κ2) is 15.8. The average Bonchev–Trinajstić information content (AvgIpc) is 2.97. The van der Waals surface area contributed by atoms with Crippen LogP contribution in [0.1, 0.15) is 86.2 Å². The van der Waals surface area contributed by atoms with Crippen molar-refractivity contribution in [3.63, 3.8) is 0 Å². The van der Waals surface area contributed by atoms with Crippen molar-refractivity contribution in [1.82, 2.24) is 5.32 Å². The normalized spacial score (nSPS) is 18.2. The lowest BCUT2D eigenvalue weighted by Gasteiger charge is -2.39. The topological polar surface area (TPSA) is 73.9 Å². The maximum Gasteiger partial charge on any atom is 0.328 e. The summed E-state index contributed by atoms with van der Waals surface area (Å²) in [4.78, 5) is 25.9. The molecule has 2 unspecified atom stereocenters. The molecule has 0 bridgehead atoms. The van der Waals surface area contributed by atoms with Gasteiger partial charge in [-0.05, 0) is 105 Å². The zero-order chi connectivity index (χ0) is 29.2. The van der Waals surface area contributed by atoms with Crippen LogP contribution in [0.3, 0.4) is 0 Å². The predicted molar refractivity (Wildman–Crippen MR) is 166 cm³/mol. The third kappa shape index (κ3) is 8.59. The Kier molecular flexibility index (Phi) is 12.1. The van der Waals surface area contributed by atoms with E-state index in [0.29, 0.717) is 30.6 Å². The van der Waals surface area contributed by atoms with E-state index in [1.807, 2.05) is 49.6 Å². The summed E-state index contributed by atoms with van der Waals surface area (Å²) < 4.78 is 18.1. The molecule has 1 amide bonds. The summed E-state index contributed by atoms with van der Waals surface area (Å²) in [5.41, 5.74) is 4.43. The standard InChI is InChI=1S/C34H47NO5S/c1-23-11-8-9-16-28(23)30-21-25(17-18-29(30)33(36)35-31(19-20-41-4)34(37)38-3)22-39-24(2)32(40-27-14-10-15-27)26-12-6-5-7-13-26/h8-9,11,16-18,21,24,26-27,31-32H,5-7,10,12-15,19-20,22H2,1-4H3,(H,35,36)/t24?,31-,32?/m0/s1. The molecule has 2 aromatic rings. The Balaban J connectivity index is 1.54. The molecule has 2 aliphatic rings. The first-order valence-electron chi connectivity index (χ1n) is 15.2. The highest BCUT2D eigenvalue weighted by molar-refractivity contribution is 7.98. The van der Waals surface area contributed by atoms with Crippen LogP contribution < -0.4 is 5.32 Å². The molecule has 0 radical (unpaired) electrons. The third-order valence-corrected chi connectivity index (χ3v) is 9.30. The van der Waals surface area contributed by atoms with Gasteiger partial charge in [0, 0.05) is 5.56 Å². The van der Waals surface area contributed by atoms with Crippen molar-refractivity contribution in [2.45, 2.75) is 103 Å². The zero-order valence-corrected chi connectivity index (χ0v) is 26.0. The van der Waals surface area contributed by atoms with E-state index in [1.54, 1.807) is 11.8 Å². The molecular weight excluding hydrogens is 534 g/mol. The third-order valence-electron chi connectivity index (χ3n) is 8.66.